The first-order chi connectivity index (χ1) is 16.4. The van der Waals surface area contributed by atoms with Gasteiger partial charge in [0.2, 0.25) is 0 Å². The number of nitrogens with one attached hydrogen (secondary N) is 2. The molecule has 2 aliphatic heterocycles. The molecule has 5 N–H and O–H groups in total. The monoisotopic (exact) mass is 488 g/mol. The van der Waals surface area contributed by atoms with Gasteiger partial charge in [0.25, 0.3) is 0 Å². The summed E-state index contributed by atoms with van der Waals surface area (Å²) in [5, 5.41) is 39.2. The molecule has 0 unspecified atom stereocenters. The molecular formula is C22H25ClN6O5. The number of urea groups is 1. The predicted octanol–water partition coefficient (Wildman–Crippen LogP) is 0.875. The number of carbonyl (C=O) groups excluding carboxylic acids is 1. The summed E-state index contributed by atoms with van der Waals surface area (Å²) in [5.74, 6) is 0.332. The van der Waals surface area contributed by atoms with Gasteiger partial charge in [0, 0.05) is 37.4 Å². The Kier molecular flexibility index (Phi) is 6.38. The number of rotatable bonds is 4. The van der Waals surface area contributed by atoms with Crippen LogP contribution in [0.25, 0.3) is 11.0 Å². The highest BCUT2D eigenvalue weighted by atomic mass is 35.5. The van der Waals surface area contributed by atoms with E-state index in [2.05, 4.69) is 20.6 Å². The number of piperazine rings is 1. The number of anilines is 1. The normalized spacial score (nSPS) is 26.1. The molecule has 2 fully saturated rings. The highest BCUT2D eigenvalue weighted by Crippen LogP contribution is 2.38. The van der Waals surface area contributed by atoms with Crippen LogP contribution >= 0.6 is 11.6 Å². The molecule has 11 nitrogen and oxygen atoms in total. The van der Waals surface area contributed by atoms with E-state index in [0.29, 0.717) is 40.5 Å². The summed E-state index contributed by atoms with van der Waals surface area (Å²) in [6.45, 7) is 2.65. The first kappa shape index (κ1) is 23.0. The predicted molar refractivity (Wildman–Crippen MR) is 123 cm³/mol. The lowest BCUT2D eigenvalue weighted by atomic mass is 9.99. The van der Waals surface area contributed by atoms with Crippen LogP contribution in [0, 0.1) is 0 Å². The van der Waals surface area contributed by atoms with Crippen molar-refractivity contribution in [1.82, 2.24) is 24.8 Å². The maximum absolute atomic E-state index is 12.6. The zero-order valence-electron chi connectivity index (χ0n) is 18.1. The molecule has 180 valence electrons. The summed E-state index contributed by atoms with van der Waals surface area (Å²) in [7, 11) is 0. The van der Waals surface area contributed by atoms with Crippen LogP contribution in [0.15, 0.2) is 42.9 Å². The van der Waals surface area contributed by atoms with Gasteiger partial charge in [-0.2, -0.15) is 0 Å². The molecule has 3 aromatic rings. The van der Waals surface area contributed by atoms with Gasteiger partial charge in [-0.1, -0.05) is 23.7 Å². The molecule has 5 atom stereocenters. The number of benzene rings is 1. The fraction of sp³-hybridized carbons (Fsp3) is 0.409. The Balaban J connectivity index is 1.38. The van der Waals surface area contributed by atoms with Crippen LogP contribution in [0.3, 0.4) is 0 Å². The van der Waals surface area contributed by atoms with E-state index < -0.39 is 30.6 Å². The van der Waals surface area contributed by atoms with Crippen LogP contribution in [-0.2, 0) is 4.74 Å². The van der Waals surface area contributed by atoms with Gasteiger partial charge in [0.15, 0.2) is 6.23 Å². The van der Waals surface area contributed by atoms with Crippen LogP contribution < -0.4 is 10.6 Å². The second-order valence-electron chi connectivity index (χ2n) is 8.32. The molecule has 12 heteroatoms. The smallest absolute Gasteiger partial charge is 0.323 e. The molecule has 2 amide bonds. The zero-order chi connectivity index (χ0) is 23.8. The molecule has 5 rings (SSSR count). The van der Waals surface area contributed by atoms with Gasteiger partial charge in [0.05, 0.1) is 5.39 Å². The van der Waals surface area contributed by atoms with Crippen molar-refractivity contribution in [3.8, 4) is 0 Å². The SMILES string of the molecule is O=C(Nc1ncnc2c1ccn2[C@@H]1O[C@H]([C@H](O)c2ccc(Cl)cc2)[C@@H](O)[C@H]1O)N1CCNCC1. The number of hydrogen-bond acceptors (Lipinski definition) is 8. The third-order valence-corrected chi connectivity index (χ3v) is 6.46. The van der Waals surface area contributed by atoms with E-state index in [-0.39, 0.29) is 6.03 Å². The number of carbonyl (C=O) groups is 1. The lowest BCUT2D eigenvalue weighted by molar-refractivity contribution is -0.0848. The Labute approximate surface area is 199 Å². The van der Waals surface area contributed by atoms with E-state index in [0.717, 1.165) is 13.1 Å². The Bertz CT molecular complexity index is 1170. The number of aromatic nitrogens is 3. The largest absolute Gasteiger partial charge is 0.387 e. The summed E-state index contributed by atoms with van der Waals surface area (Å²) in [6.07, 6.45) is -2.99. The standard InChI is InChI=1S/C22H25ClN6O5/c23-13-3-1-12(2-4-13)15(30)18-16(31)17(32)21(34-18)29-8-5-14-19(25-11-26-20(14)29)27-22(33)28-9-6-24-7-10-28/h1-5,8,11,15-18,21,24,30-32H,6-7,9-10H2,(H,25,26,27,33)/t15-,16+,17-,18-,21-/m1/s1. The van der Waals surface area contributed by atoms with Crippen molar-refractivity contribution in [2.45, 2.75) is 30.6 Å². The number of hydrogen-bond donors (Lipinski definition) is 5. The number of fused-ring (bicyclic) bond motifs is 1. The summed E-state index contributed by atoms with van der Waals surface area (Å²) >= 11 is 5.91. The molecule has 4 heterocycles. The van der Waals surface area contributed by atoms with Crippen molar-refractivity contribution >= 4 is 34.5 Å². The van der Waals surface area contributed by atoms with Crippen molar-refractivity contribution in [2.75, 3.05) is 31.5 Å². The number of aliphatic hydroxyl groups excluding tert-OH is 3. The van der Waals surface area contributed by atoms with Crippen molar-refractivity contribution in [3.05, 3.63) is 53.4 Å². The topological polar surface area (TPSA) is 145 Å². The first-order valence-electron chi connectivity index (χ1n) is 11.0. The molecule has 0 aliphatic carbocycles. The van der Waals surface area contributed by atoms with Gasteiger partial charge in [-0.05, 0) is 23.8 Å². The maximum atomic E-state index is 12.6. The summed E-state index contributed by atoms with van der Waals surface area (Å²) in [4.78, 5) is 22.8. The van der Waals surface area contributed by atoms with Gasteiger partial charge in [-0.25, -0.2) is 14.8 Å². The average Bonchev–Trinajstić information content (AvgIpc) is 3.41. The lowest BCUT2D eigenvalue weighted by Crippen LogP contribution is -2.48. The molecular weight excluding hydrogens is 464 g/mol. The Hall–Kier alpha value is -2.80. The molecule has 0 radical (unpaired) electrons. The van der Waals surface area contributed by atoms with Crippen molar-refractivity contribution in [1.29, 1.82) is 0 Å². The number of nitrogens with zero attached hydrogens (tertiary/aromatic N) is 4. The Morgan fingerprint density at radius 3 is 2.62 bits per heavy atom. The van der Waals surface area contributed by atoms with Gasteiger partial charge >= 0.3 is 6.03 Å². The molecule has 1 aromatic carbocycles. The van der Waals surface area contributed by atoms with Gasteiger partial charge in [0.1, 0.15) is 42.2 Å². The number of aliphatic hydroxyl groups is 3. The minimum absolute atomic E-state index is 0.257. The number of ether oxygens (including phenoxy) is 1. The molecule has 0 spiro atoms. The average molecular weight is 489 g/mol. The summed E-state index contributed by atoms with van der Waals surface area (Å²) < 4.78 is 7.47. The molecule has 0 bridgehead atoms. The van der Waals surface area contributed by atoms with Crippen LogP contribution in [-0.4, -0.2) is 85.3 Å². The second-order valence-corrected chi connectivity index (χ2v) is 8.76. The van der Waals surface area contributed by atoms with Crippen molar-refractivity contribution in [2.24, 2.45) is 0 Å². The van der Waals surface area contributed by atoms with Crippen LogP contribution in [0.4, 0.5) is 10.6 Å². The maximum Gasteiger partial charge on any atom is 0.323 e. The minimum Gasteiger partial charge on any atom is -0.387 e. The number of halogens is 1. The van der Waals surface area contributed by atoms with Crippen LogP contribution in [0.1, 0.15) is 17.9 Å². The first-order valence-corrected chi connectivity index (χ1v) is 11.3. The minimum atomic E-state index is -1.35. The third-order valence-electron chi connectivity index (χ3n) is 6.21. The quantitative estimate of drug-likeness (QED) is 0.364. The van der Waals surface area contributed by atoms with Crippen molar-refractivity contribution < 1.29 is 24.9 Å². The van der Waals surface area contributed by atoms with E-state index in [1.807, 2.05) is 0 Å². The van der Waals surface area contributed by atoms with Gasteiger partial charge in [-0.15, -0.1) is 0 Å². The van der Waals surface area contributed by atoms with Gasteiger partial charge < -0.3 is 34.8 Å². The van der Waals surface area contributed by atoms with E-state index in [1.54, 1.807) is 46.0 Å². The van der Waals surface area contributed by atoms with Crippen LogP contribution in [0.5, 0.6) is 0 Å². The Morgan fingerprint density at radius 2 is 1.88 bits per heavy atom. The van der Waals surface area contributed by atoms with E-state index in [9.17, 15) is 20.1 Å². The van der Waals surface area contributed by atoms with Gasteiger partial charge in [-0.3, -0.25) is 5.32 Å². The lowest BCUT2D eigenvalue weighted by Gasteiger charge is -2.27. The third kappa shape index (κ3) is 4.22. The Morgan fingerprint density at radius 1 is 1.15 bits per heavy atom. The van der Waals surface area contributed by atoms with Crippen LogP contribution in [0.2, 0.25) is 5.02 Å². The molecule has 34 heavy (non-hydrogen) atoms. The number of amides is 2. The molecule has 0 saturated carbocycles. The van der Waals surface area contributed by atoms with E-state index in [4.69, 9.17) is 16.3 Å². The second kappa shape index (κ2) is 9.45. The fourth-order valence-electron chi connectivity index (χ4n) is 4.35. The zero-order valence-corrected chi connectivity index (χ0v) is 18.8. The highest BCUT2D eigenvalue weighted by Gasteiger charge is 2.47. The molecule has 2 aliphatic rings. The fourth-order valence-corrected chi connectivity index (χ4v) is 4.48. The molecule has 2 saturated heterocycles. The van der Waals surface area contributed by atoms with Crippen molar-refractivity contribution in [3.63, 3.8) is 0 Å². The van der Waals surface area contributed by atoms with E-state index >= 15 is 0 Å². The molecule has 2 aromatic heterocycles. The summed E-state index contributed by atoms with van der Waals surface area (Å²) in [5.41, 5.74) is 0.905. The summed E-state index contributed by atoms with van der Waals surface area (Å²) in [6, 6.07) is 7.97. The highest BCUT2D eigenvalue weighted by molar-refractivity contribution is 6.30. The van der Waals surface area contributed by atoms with E-state index in [1.165, 1.54) is 6.33 Å².